The molecule has 0 atom stereocenters. The van der Waals surface area contributed by atoms with Gasteiger partial charge in [-0.25, -0.2) is 0 Å². The summed E-state index contributed by atoms with van der Waals surface area (Å²) in [5, 5.41) is 0. The summed E-state index contributed by atoms with van der Waals surface area (Å²) in [6.45, 7) is 0.858. The average molecular weight is 80.1 g/mol. The zero-order valence-corrected chi connectivity index (χ0v) is 3.46. The molecule has 0 unspecified atom stereocenters. The smallest absolute Gasteiger partial charge is 0.0458 e. The molecule has 0 bridgehead atoms. The first-order valence-corrected chi connectivity index (χ1v) is 1.98. The molecule has 0 aromatic heterocycles. The maximum absolute atomic E-state index is 3.91. The molecule has 1 rings (SSSR count). The number of nitrogens with zero attached hydrogens (tertiary/aromatic N) is 1. The molecule has 0 saturated carbocycles. The zero-order valence-electron chi connectivity index (χ0n) is 3.46. The van der Waals surface area contributed by atoms with Gasteiger partial charge in [-0.2, -0.15) is 0 Å². The molecular weight excluding hydrogens is 74.1 g/mol. The molecule has 0 fully saturated rings. The van der Waals surface area contributed by atoms with E-state index in [4.69, 9.17) is 0 Å². The van der Waals surface area contributed by atoms with E-state index in [-0.39, 0.29) is 0 Å². The van der Waals surface area contributed by atoms with Crippen LogP contribution in [0.2, 0.25) is 0 Å². The lowest BCUT2D eigenvalue weighted by Crippen LogP contribution is -1.83. The fourth-order valence-corrected chi connectivity index (χ4v) is 0.372. The predicted molar refractivity (Wildman–Crippen MR) is 26.8 cm³/mol. The van der Waals surface area contributed by atoms with Crippen LogP contribution in [0.15, 0.2) is 17.1 Å². The van der Waals surface area contributed by atoms with Crippen LogP contribution in [0.5, 0.6) is 0 Å². The van der Waals surface area contributed by atoms with Gasteiger partial charge in [-0.1, -0.05) is 6.08 Å². The summed E-state index contributed by atoms with van der Waals surface area (Å²) in [5.41, 5.74) is 0. The van der Waals surface area contributed by atoms with Gasteiger partial charge in [0, 0.05) is 19.2 Å². The highest BCUT2D eigenvalue weighted by molar-refractivity contribution is 5.72. The highest BCUT2D eigenvalue weighted by Gasteiger charge is 1.78. The van der Waals surface area contributed by atoms with Gasteiger partial charge >= 0.3 is 0 Å². The van der Waals surface area contributed by atoms with Gasteiger partial charge in [-0.15, -0.1) is 0 Å². The van der Waals surface area contributed by atoms with Gasteiger partial charge in [0.25, 0.3) is 0 Å². The van der Waals surface area contributed by atoms with Gasteiger partial charge in [-0.3, -0.25) is 4.99 Å². The van der Waals surface area contributed by atoms with E-state index in [0.717, 1.165) is 6.54 Å². The Morgan fingerprint density at radius 3 is 2.50 bits per heavy atom. The van der Waals surface area contributed by atoms with E-state index in [1.807, 2.05) is 18.6 Å². The Hall–Kier alpha value is -0.590. The first-order chi connectivity index (χ1) is 3.00. The van der Waals surface area contributed by atoms with Crippen molar-refractivity contribution in [3.05, 3.63) is 18.6 Å². The lowest BCUT2D eigenvalue weighted by atomic mass is 10.3. The minimum atomic E-state index is 0.858. The minimum absolute atomic E-state index is 0.858. The summed E-state index contributed by atoms with van der Waals surface area (Å²) in [5.74, 6) is 0. The van der Waals surface area contributed by atoms with Crippen LogP contribution < -0.4 is 0 Å². The molecule has 0 amide bonds. The molecule has 0 spiro atoms. The minimum Gasteiger partial charge on any atom is -0.293 e. The van der Waals surface area contributed by atoms with Crippen molar-refractivity contribution < 1.29 is 0 Å². The van der Waals surface area contributed by atoms with E-state index in [1.165, 1.54) is 0 Å². The first kappa shape index (κ1) is 3.59. The van der Waals surface area contributed by atoms with Crippen molar-refractivity contribution in [2.45, 2.75) is 0 Å². The van der Waals surface area contributed by atoms with Crippen molar-refractivity contribution in [3.63, 3.8) is 0 Å². The normalized spacial score (nSPS) is 18.7. The van der Waals surface area contributed by atoms with Crippen LogP contribution in [0.4, 0.5) is 0 Å². The Morgan fingerprint density at radius 1 is 1.33 bits per heavy atom. The molecule has 0 aliphatic carbocycles. The standard InChI is InChI=1S/C5H6N/c1-2-4-6-5-3-1/h1-4H,5H2. The molecule has 31 valence electrons. The van der Waals surface area contributed by atoms with Crippen LogP contribution in [0.1, 0.15) is 0 Å². The molecule has 6 heavy (non-hydrogen) atoms. The summed E-state index contributed by atoms with van der Waals surface area (Å²) >= 11 is 0. The second kappa shape index (κ2) is 1.75. The van der Waals surface area contributed by atoms with Crippen LogP contribution in [0.25, 0.3) is 0 Å². The molecule has 0 N–H and O–H groups in total. The summed E-state index contributed by atoms with van der Waals surface area (Å²) in [6.07, 6.45) is 7.73. The molecule has 0 aromatic carbocycles. The number of aliphatic imine (C=N–C) groups is 1. The van der Waals surface area contributed by atoms with Gasteiger partial charge < -0.3 is 0 Å². The Morgan fingerprint density at radius 2 is 2.33 bits per heavy atom. The van der Waals surface area contributed by atoms with Crippen molar-refractivity contribution in [1.29, 1.82) is 0 Å². The summed E-state index contributed by atoms with van der Waals surface area (Å²) < 4.78 is 0. The highest BCUT2D eigenvalue weighted by Crippen LogP contribution is 1.85. The van der Waals surface area contributed by atoms with Gasteiger partial charge in [0.05, 0.1) is 0 Å². The van der Waals surface area contributed by atoms with E-state index in [9.17, 15) is 0 Å². The second-order valence-electron chi connectivity index (χ2n) is 1.13. The zero-order chi connectivity index (χ0) is 4.24. The van der Waals surface area contributed by atoms with Crippen LogP contribution >= 0.6 is 0 Å². The van der Waals surface area contributed by atoms with Crippen molar-refractivity contribution in [2.75, 3.05) is 6.54 Å². The lowest BCUT2D eigenvalue weighted by Gasteiger charge is -1.88. The topological polar surface area (TPSA) is 12.4 Å². The highest BCUT2D eigenvalue weighted by atomic mass is 14.7. The Balaban J connectivity index is 2.46. The van der Waals surface area contributed by atoms with Gasteiger partial charge in [-0.05, 0) is 6.08 Å². The van der Waals surface area contributed by atoms with E-state index in [0.29, 0.717) is 0 Å². The quantitative estimate of drug-likeness (QED) is 0.408. The second-order valence-corrected chi connectivity index (χ2v) is 1.13. The van der Waals surface area contributed by atoms with Crippen LogP contribution in [0, 0.1) is 6.42 Å². The third-order valence-electron chi connectivity index (χ3n) is 0.649. The maximum Gasteiger partial charge on any atom is 0.0458 e. The van der Waals surface area contributed by atoms with Gasteiger partial charge in [0.15, 0.2) is 0 Å². The molecule has 1 heteroatoms. The number of allylic oxidation sites excluding steroid dienone is 1. The Bertz CT molecular complexity index is 69.9. The molecular formula is C5H6N. The number of rotatable bonds is 0. The number of dihydropyridines is 1. The van der Waals surface area contributed by atoms with Crippen LogP contribution in [-0.4, -0.2) is 12.8 Å². The van der Waals surface area contributed by atoms with Gasteiger partial charge in [0.1, 0.15) is 0 Å². The van der Waals surface area contributed by atoms with E-state index >= 15 is 0 Å². The van der Waals surface area contributed by atoms with Crippen molar-refractivity contribution >= 4 is 6.21 Å². The Kier molecular flexibility index (Phi) is 1.05. The fourth-order valence-electron chi connectivity index (χ4n) is 0.372. The van der Waals surface area contributed by atoms with E-state index < -0.39 is 0 Å². The predicted octanol–water partition coefficient (Wildman–Crippen LogP) is 0.831. The third kappa shape index (κ3) is 0.677. The molecule has 0 saturated heterocycles. The van der Waals surface area contributed by atoms with Crippen molar-refractivity contribution in [1.82, 2.24) is 0 Å². The Labute approximate surface area is 37.4 Å². The SMILES string of the molecule is [CH]1C=CC=NC1. The van der Waals surface area contributed by atoms with E-state index in [1.54, 1.807) is 6.21 Å². The summed E-state index contributed by atoms with van der Waals surface area (Å²) in [6, 6.07) is 0. The largest absolute Gasteiger partial charge is 0.293 e. The molecule has 1 radical (unpaired) electrons. The molecule has 1 aliphatic rings. The maximum atomic E-state index is 3.91. The number of hydrogen-bond acceptors (Lipinski definition) is 1. The fraction of sp³-hybridized carbons (Fsp3) is 0.200. The molecule has 1 aliphatic heterocycles. The molecule has 1 heterocycles. The van der Waals surface area contributed by atoms with Crippen molar-refractivity contribution in [2.24, 2.45) is 4.99 Å². The van der Waals surface area contributed by atoms with Crippen molar-refractivity contribution in [3.8, 4) is 0 Å². The third-order valence-corrected chi connectivity index (χ3v) is 0.649. The van der Waals surface area contributed by atoms with E-state index in [2.05, 4.69) is 4.99 Å². The van der Waals surface area contributed by atoms with Crippen LogP contribution in [-0.2, 0) is 0 Å². The first-order valence-electron chi connectivity index (χ1n) is 1.98. The summed E-state index contributed by atoms with van der Waals surface area (Å²) in [7, 11) is 0. The number of hydrogen-bond donors (Lipinski definition) is 0. The monoisotopic (exact) mass is 80.1 g/mol. The van der Waals surface area contributed by atoms with Crippen LogP contribution in [0.3, 0.4) is 0 Å². The molecule has 1 nitrogen and oxygen atoms in total. The van der Waals surface area contributed by atoms with Gasteiger partial charge in [0.2, 0.25) is 0 Å². The molecule has 0 aromatic rings. The average Bonchev–Trinajstić information content (AvgIpc) is 1.72. The lowest BCUT2D eigenvalue weighted by molar-refractivity contribution is 1.18. The summed E-state index contributed by atoms with van der Waals surface area (Å²) in [4.78, 5) is 3.91.